The Labute approximate surface area is 174 Å². The maximum Gasteiger partial charge on any atom is 0.338 e. The van der Waals surface area contributed by atoms with Gasteiger partial charge in [-0.2, -0.15) is 0 Å². The fourth-order valence-electron chi connectivity index (χ4n) is 3.73. The summed E-state index contributed by atoms with van der Waals surface area (Å²) in [6.07, 6.45) is 1.53. The van der Waals surface area contributed by atoms with Crippen molar-refractivity contribution in [3.63, 3.8) is 0 Å². The number of para-hydroxylation sites is 2. The molecule has 0 saturated carbocycles. The van der Waals surface area contributed by atoms with E-state index in [0.717, 1.165) is 16.6 Å². The van der Waals surface area contributed by atoms with Crippen molar-refractivity contribution in [1.29, 1.82) is 0 Å². The molecule has 0 aliphatic carbocycles. The topological polar surface area (TPSA) is 85.6 Å². The number of aromatic nitrogens is 2. The lowest BCUT2D eigenvalue weighted by atomic mass is 9.94. The molecule has 30 heavy (non-hydrogen) atoms. The summed E-state index contributed by atoms with van der Waals surface area (Å²) in [6.45, 7) is 7.81. The fraction of sp³-hybridized carbons (Fsp3) is 0.217. The van der Waals surface area contributed by atoms with Crippen LogP contribution in [0.4, 0.5) is 5.95 Å². The molecule has 1 aromatic heterocycles. The number of nitrogens with one attached hydrogen (secondary N) is 1. The monoisotopic (exact) mass is 405 g/mol. The van der Waals surface area contributed by atoms with Crippen molar-refractivity contribution < 1.29 is 19.4 Å². The molecule has 1 aliphatic heterocycles. The summed E-state index contributed by atoms with van der Waals surface area (Å²) in [5.74, 6) is 0.585. The van der Waals surface area contributed by atoms with Crippen molar-refractivity contribution in [3.8, 4) is 11.5 Å². The summed E-state index contributed by atoms with van der Waals surface area (Å²) in [5.41, 5.74) is 3.57. The van der Waals surface area contributed by atoms with Crippen molar-refractivity contribution in [2.45, 2.75) is 19.9 Å². The van der Waals surface area contributed by atoms with Crippen LogP contribution in [0.25, 0.3) is 11.0 Å². The lowest BCUT2D eigenvalue weighted by Crippen LogP contribution is -2.29. The Kier molecular flexibility index (Phi) is 5.18. The minimum absolute atomic E-state index is 0.0433. The number of hydrogen-bond acceptors (Lipinski definition) is 6. The quantitative estimate of drug-likeness (QED) is 0.473. The summed E-state index contributed by atoms with van der Waals surface area (Å²) in [4.78, 5) is 17.7. The summed E-state index contributed by atoms with van der Waals surface area (Å²) in [5, 5.41) is 13.4. The highest BCUT2D eigenvalue weighted by Gasteiger charge is 2.35. The second-order valence-corrected chi connectivity index (χ2v) is 6.91. The number of aromatic hydroxyl groups is 1. The SMILES string of the molecule is C=CCOC(=O)C1=C(C)Nc2nc3ccccc3n2[C@@H]1c1ccc(O)c(OCC)c1. The molecule has 1 aliphatic rings. The van der Waals surface area contributed by atoms with Crippen molar-refractivity contribution in [3.05, 3.63) is 72.0 Å². The standard InChI is InChI=1S/C23H23N3O4/c1-4-12-30-22(28)20-14(3)24-23-25-16-8-6-7-9-17(16)26(23)21(20)15-10-11-18(27)19(13-15)29-5-2/h4,6-11,13,21,27H,1,5,12H2,2-3H3,(H,24,25)/t21-/m1/s1. The molecule has 3 aromatic rings. The lowest BCUT2D eigenvalue weighted by Gasteiger charge is -2.30. The number of nitrogens with zero attached hydrogens (tertiary/aromatic N) is 2. The molecule has 2 N–H and O–H groups in total. The van der Waals surface area contributed by atoms with Crippen molar-refractivity contribution in [2.24, 2.45) is 0 Å². The molecule has 0 spiro atoms. The molecule has 2 heterocycles. The van der Waals surface area contributed by atoms with E-state index in [1.54, 1.807) is 18.2 Å². The molecule has 4 rings (SSSR count). The zero-order valence-corrected chi connectivity index (χ0v) is 16.9. The van der Waals surface area contributed by atoms with Crippen LogP contribution in [0.5, 0.6) is 11.5 Å². The summed E-state index contributed by atoms with van der Waals surface area (Å²) >= 11 is 0. The first kappa shape index (κ1) is 19.6. The van der Waals surface area contributed by atoms with E-state index >= 15 is 0 Å². The number of benzene rings is 2. The third-order valence-electron chi connectivity index (χ3n) is 4.98. The number of hydrogen-bond donors (Lipinski definition) is 2. The first-order valence-corrected chi connectivity index (χ1v) is 9.73. The van der Waals surface area contributed by atoms with Crippen LogP contribution < -0.4 is 10.1 Å². The molecule has 154 valence electrons. The zero-order valence-electron chi connectivity index (χ0n) is 16.9. The van der Waals surface area contributed by atoms with Crippen molar-refractivity contribution in [2.75, 3.05) is 18.5 Å². The van der Waals surface area contributed by atoms with Gasteiger partial charge in [0.1, 0.15) is 6.61 Å². The molecule has 0 bridgehead atoms. The lowest BCUT2D eigenvalue weighted by molar-refractivity contribution is -0.138. The minimum Gasteiger partial charge on any atom is -0.504 e. The van der Waals surface area contributed by atoms with E-state index in [9.17, 15) is 9.90 Å². The predicted octanol–water partition coefficient (Wildman–Crippen LogP) is 4.16. The van der Waals surface area contributed by atoms with Gasteiger partial charge in [0.25, 0.3) is 0 Å². The second-order valence-electron chi connectivity index (χ2n) is 6.91. The number of phenols is 1. The highest BCUT2D eigenvalue weighted by Crippen LogP contribution is 2.41. The molecule has 2 aromatic carbocycles. The van der Waals surface area contributed by atoms with Crippen LogP contribution in [-0.4, -0.2) is 33.8 Å². The second kappa shape index (κ2) is 7.94. The number of esters is 1. The van der Waals surface area contributed by atoms with Crippen LogP contribution >= 0.6 is 0 Å². The van der Waals surface area contributed by atoms with Crippen LogP contribution in [-0.2, 0) is 9.53 Å². The molecule has 0 radical (unpaired) electrons. The van der Waals surface area contributed by atoms with Crippen LogP contribution in [0.15, 0.2) is 66.4 Å². The Bertz CT molecular complexity index is 1160. The third-order valence-corrected chi connectivity index (χ3v) is 4.98. The van der Waals surface area contributed by atoms with E-state index in [1.807, 2.05) is 42.7 Å². The van der Waals surface area contributed by atoms with E-state index in [2.05, 4.69) is 16.9 Å². The first-order chi connectivity index (χ1) is 14.5. The van der Waals surface area contributed by atoms with E-state index in [4.69, 9.17) is 9.47 Å². The number of rotatable bonds is 6. The van der Waals surface area contributed by atoms with Crippen LogP contribution in [0, 0.1) is 0 Å². The Morgan fingerprint density at radius 2 is 2.13 bits per heavy atom. The molecule has 0 unspecified atom stereocenters. The van der Waals surface area contributed by atoms with Gasteiger partial charge in [0.2, 0.25) is 5.95 Å². The van der Waals surface area contributed by atoms with Crippen LogP contribution in [0.3, 0.4) is 0 Å². The molecule has 1 atom stereocenters. The zero-order chi connectivity index (χ0) is 21.3. The number of phenolic OH excluding ortho intramolecular Hbond substituents is 1. The molecule has 0 saturated heterocycles. The van der Waals surface area contributed by atoms with Gasteiger partial charge < -0.3 is 19.9 Å². The number of allylic oxidation sites excluding steroid dienone is 1. The van der Waals surface area contributed by atoms with Gasteiger partial charge in [-0.05, 0) is 43.7 Å². The van der Waals surface area contributed by atoms with Gasteiger partial charge in [-0.1, -0.05) is 30.9 Å². The van der Waals surface area contributed by atoms with Crippen LogP contribution in [0.1, 0.15) is 25.5 Å². The Morgan fingerprint density at radius 1 is 1.33 bits per heavy atom. The smallest absolute Gasteiger partial charge is 0.338 e. The van der Waals surface area contributed by atoms with E-state index in [1.165, 1.54) is 6.08 Å². The van der Waals surface area contributed by atoms with E-state index in [0.29, 0.717) is 29.6 Å². The molecule has 0 amide bonds. The summed E-state index contributed by atoms with van der Waals surface area (Å²) < 4.78 is 12.9. The number of anilines is 1. The molecule has 7 heteroatoms. The number of imidazole rings is 1. The largest absolute Gasteiger partial charge is 0.504 e. The fourth-order valence-corrected chi connectivity index (χ4v) is 3.73. The summed E-state index contributed by atoms with van der Waals surface area (Å²) in [7, 11) is 0. The van der Waals surface area contributed by atoms with Crippen molar-refractivity contribution >= 4 is 23.0 Å². The highest BCUT2D eigenvalue weighted by molar-refractivity contribution is 5.94. The normalized spacial score (nSPS) is 15.5. The average molecular weight is 405 g/mol. The van der Waals surface area contributed by atoms with Gasteiger partial charge in [-0.3, -0.25) is 4.57 Å². The Balaban J connectivity index is 1.94. The van der Waals surface area contributed by atoms with Crippen molar-refractivity contribution in [1.82, 2.24) is 9.55 Å². The van der Waals surface area contributed by atoms with Gasteiger partial charge in [0.15, 0.2) is 11.5 Å². The molecular formula is C23H23N3O4. The number of carbonyl (C=O) groups excluding carboxylic acids is 1. The first-order valence-electron chi connectivity index (χ1n) is 9.73. The van der Waals surface area contributed by atoms with Gasteiger partial charge >= 0.3 is 5.97 Å². The van der Waals surface area contributed by atoms with Gasteiger partial charge in [0, 0.05) is 5.70 Å². The Hall–Kier alpha value is -3.74. The molecule has 7 nitrogen and oxygen atoms in total. The van der Waals surface area contributed by atoms with Crippen LogP contribution in [0.2, 0.25) is 0 Å². The van der Waals surface area contributed by atoms with Gasteiger partial charge in [-0.25, -0.2) is 9.78 Å². The van der Waals surface area contributed by atoms with Gasteiger partial charge in [0.05, 0.1) is 29.3 Å². The van der Waals surface area contributed by atoms with E-state index in [-0.39, 0.29) is 12.4 Å². The average Bonchev–Trinajstić information content (AvgIpc) is 3.10. The Morgan fingerprint density at radius 3 is 2.90 bits per heavy atom. The summed E-state index contributed by atoms with van der Waals surface area (Å²) in [6, 6.07) is 12.3. The predicted molar refractivity (Wildman–Crippen MR) is 115 cm³/mol. The molecular weight excluding hydrogens is 382 g/mol. The minimum atomic E-state index is -0.509. The van der Waals surface area contributed by atoms with Gasteiger partial charge in [-0.15, -0.1) is 0 Å². The maximum absolute atomic E-state index is 13.0. The molecule has 0 fully saturated rings. The highest BCUT2D eigenvalue weighted by atomic mass is 16.5. The number of ether oxygens (including phenoxy) is 2. The third kappa shape index (κ3) is 3.28. The van der Waals surface area contributed by atoms with E-state index < -0.39 is 12.0 Å². The maximum atomic E-state index is 13.0. The number of carbonyl (C=O) groups is 1. The number of fused-ring (bicyclic) bond motifs is 3.